The summed E-state index contributed by atoms with van der Waals surface area (Å²) >= 11 is 0. The van der Waals surface area contributed by atoms with E-state index in [4.69, 9.17) is 0 Å². The Morgan fingerprint density at radius 2 is 2.16 bits per heavy atom. The van der Waals surface area contributed by atoms with Crippen LogP contribution in [0.1, 0.15) is 44.3 Å². The van der Waals surface area contributed by atoms with Crippen LogP contribution in [0.25, 0.3) is 5.69 Å². The van der Waals surface area contributed by atoms with Crippen LogP contribution < -0.4 is 5.32 Å². The van der Waals surface area contributed by atoms with E-state index in [9.17, 15) is 9.90 Å². The van der Waals surface area contributed by atoms with Gasteiger partial charge in [-0.3, -0.25) is 0 Å². The van der Waals surface area contributed by atoms with Gasteiger partial charge < -0.3 is 15.3 Å². The third kappa shape index (κ3) is 4.17. The standard InChI is InChI=1S/C18H25N5O2/c1-14(17-13-23(21-20-17)16-8-3-2-4-9-16)19-18(25)22-11-6-5-7-15(22)10-12-24/h2-4,8-9,13-15,24H,5-7,10-12H2,1H3,(H,19,25). The lowest BCUT2D eigenvalue weighted by Crippen LogP contribution is -2.49. The Hall–Kier alpha value is -2.41. The van der Waals surface area contributed by atoms with Crippen LogP contribution in [0.4, 0.5) is 4.79 Å². The number of rotatable bonds is 5. The summed E-state index contributed by atoms with van der Waals surface area (Å²) in [7, 11) is 0. The summed E-state index contributed by atoms with van der Waals surface area (Å²) < 4.78 is 1.70. The molecular formula is C18H25N5O2. The maximum Gasteiger partial charge on any atom is 0.318 e. The molecule has 0 spiro atoms. The van der Waals surface area contributed by atoms with Gasteiger partial charge in [0.15, 0.2) is 0 Å². The van der Waals surface area contributed by atoms with E-state index in [0.29, 0.717) is 12.1 Å². The van der Waals surface area contributed by atoms with Crippen LogP contribution in [0.3, 0.4) is 0 Å². The second kappa shape index (κ2) is 8.11. The number of aliphatic hydroxyl groups is 1. The maximum absolute atomic E-state index is 12.6. The van der Waals surface area contributed by atoms with Gasteiger partial charge in [0.1, 0.15) is 5.69 Å². The number of nitrogens with one attached hydrogen (secondary N) is 1. The van der Waals surface area contributed by atoms with Gasteiger partial charge in [0.05, 0.1) is 17.9 Å². The number of para-hydroxylation sites is 1. The molecule has 0 bridgehead atoms. The average molecular weight is 343 g/mol. The number of aliphatic hydroxyl groups excluding tert-OH is 1. The number of carbonyl (C=O) groups excluding carboxylic acids is 1. The zero-order chi connectivity index (χ0) is 17.6. The van der Waals surface area contributed by atoms with Crippen LogP contribution in [-0.2, 0) is 0 Å². The molecule has 134 valence electrons. The molecule has 2 heterocycles. The Labute approximate surface area is 147 Å². The van der Waals surface area contributed by atoms with E-state index in [1.54, 1.807) is 4.68 Å². The second-order valence-corrected chi connectivity index (χ2v) is 6.45. The topological polar surface area (TPSA) is 83.3 Å². The Kier molecular flexibility index (Phi) is 5.65. The number of piperidine rings is 1. The Balaban J connectivity index is 1.64. The van der Waals surface area contributed by atoms with Crippen molar-refractivity contribution in [1.82, 2.24) is 25.2 Å². The Morgan fingerprint density at radius 1 is 1.36 bits per heavy atom. The molecular weight excluding hydrogens is 318 g/mol. The molecule has 1 aliphatic heterocycles. The van der Waals surface area contributed by atoms with E-state index in [0.717, 1.165) is 31.5 Å². The molecule has 1 aromatic heterocycles. The summed E-state index contributed by atoms with van der Waals surface area (Å²) in [6.07, 6.45) is 5.53. The number of hydrogen-bond acceptors (Lipinski definition) is 4. The van der Waals surface area contributed by atoms with Crippen LogP contribution in [0.5, 0.6) is 0 Å². The zero-order valence-corrected chi connectivity index (χ0v) is 14.5. The van der Waals surface area contributed by atoms with Crippen molar-refractivity contribution in [2.24, 2.45) is 0 Å². The highest BCUT2D eigenvalue weighted by molar-refractivity contribution is 5.75. The Bertz CT molecular complexity index is 686. The van der Waals surface area contributed by atoms with Crippen LogP contribution in [0, 0.1) is 0 Å². The number of carbonyl (C=O) groups is 1. The molecule has 2 N–H and O–H groups in total. The lowest BCUT2D eigenvalue weighted by atomic mass is 10.00. The first-order valence-electron chi connectivity index (χ1n) is 8.84. The number of amides is 2. The van der Waals surface area contributed by atoms with Crippen molar-refractivity contribution in [3.63, 3.8) is 0 Å². The minimum Gasteiger partial charge on any atom is -0.396 e. The van der Waals surface area contributed by atoms with Gasteiger partial charge in [-0.1, -0.05) is 23.4 Å². The largest absolute Gasteiger partial charge is 0.396 e. The number of nitrogens with zero attached hydrogens (tertiary/aromatic N) is 4. The summed E-state index contributed by atoms with van der Waals surface area (Å²) in [5.74, 6) is 0. The zero-order valence-electron chi connectivity index (χ0n) is 14.5. The minimum atomic E-state index is -0.235. The third-order valence-corrected chi connectivity index (χ3v) is 4.67. The van der Waals surface area contributed by atoms with Crippen LogP contribution in [0.2, 0.25) is 0 Å². The van der Waals surface area contributed by atoms with Gasteiger partial charge in [-0.05, 0) is 44.7 Å². The lowest BCUT2D eigenvalue weighted by molar-refractivity contribution is 0.130. The number of urea groups is 1. The van der Waals surface area contributed by atoms with E-state index < -0.39 is 0 Å². The fourth-order valence-electron chi connectivity index (χ4n) is 3.24. The molecule has 2 atom stereocenters. The molecule has 3 rings (SSSR count). The van der Waals surface area contributed by atoms with E-state index in [-0.39, 0.29) is 24.7 Å². The first-order chi connectivity index (χ1) is 12.2. The molecule has 0 radical (unpaired) electrons. The van der Waals surface area contributed by atoms with Gasteiger partial charge in [0.25, 0.3) is 0 Å². The van der Waals surface area contributed by atoms with E-state index in [1.165, 1.54) is 0 Å². The van der Waals surface area contributed by atoms with Gasteiger partial charge in [0.2, 0.25) is 0 Å². The monoisotopic (exact) mass is 343 g/mol. The summed E-state index contributed by atoms with van der Waals surface area (Å²) in [6.45, 7) is 2.75. The normalized spacial score (nSPS) is 18.8. The molecule has 2 unspecified atom stereocenters. The molecule has 2 aromatic rings. The average Bonchev–Trinajstić information content (AvgIpc) is 3.13. The predicted octanol–water partition coefficient (Wildman–Crippen LogP) is 2.27. The Morgan fingerprint density at radius 3 is 2.92 bits per heavy atom. The highest BCUT2D eigenvalue weighted by atomic mass is 16.3. The maximum atomic E-state index is 12.6. The smallest absolute Gasteiger partial charge is 0.318 e. The number of hydrogen-bond donors (Lipinski definition) is 2. The molecule has 1 aromatic carbocycles. The number of likely N-dealkylation sites (tertiary alicyclic amines) is 1. The van der Waals surface area contributed by atoms with Gasteiger partial charge >= 0.3 is 6.03 Å². The molecule has 1 aliphatic rings. The van der Waals surface area contributed by atoms with Gasteiger partial charge in [0, 0.05) is 19.2 Å². The van der Waals surface area contributed by atoms with Crippen LogP contribution in [-0.4, -0.2) is 50.2 Å². The van der Waals surface area contributed by atoms with Gasteiger partial charge in [-0.15, -0.1) is 5.10 Å². The first kappa shape index (κ1) is 17.4. The lowest BCUT2D eigenvalue weighted by Gasteiger charge is -2.36. The second-order valence-electron chi connectivity index (χ2n) is 6.45. The van der Waals surface area contributed by atoms with Crippen molar-refractivity contribution in [3.8, 4) is 5.69 Å². The number of aromatic nitrogens is 3. The number of benzene rings is 1. The third-order valence-electron chi connectivity index (χ3n) is 4.67. The van der Waals surface area contributed by atoms with Crippen molar-refractivity contribution in [2.75, 3.05) is 13.2 Å². The molecule has 25 heavy (non-hydrogen) atoms. The minimum absolute atomic E-state index is 0.0973. The van der Waals surface area contributed by atoms with Gasteiger partial charge in [-0.25, -0.2) is 9.48 Å². The van der Waals surface area contributed by atoms with E-state index in [1.807, 2.05) is 48.4 Å². The first-order valence-corrected chi connectivity index (χ1v) is 8.84. The van der Waals surface area contributed by atoms with Crippen molar-refractivity contribution in [2.45, 2.75) is 44.7 Å². The highest BCUT2D eigenvalue weighted by Crippen LogP contribution is 2.20. The van der Waals surface area contributed by atoms with Crippen LogP contribution in [0.15, 0.2) is 36.5 Å². The predicted molar refractivity (Wildman–Crippen MR) is 94.4 cm³/mol. The summed E-state index contributed by atoms with van der Waals surface area (Å²) in [6, 6.07) is 9.53. The highest BCUT2D eigenvalue weighted by Gasteiger charge is 2.27. The van der Waals surface area contributed by atoms with E-state index >= 15 is 0 Å². The summed E-state index contributed by atoms with van der Waals surface area (Å²) in [5.41, 5.74) is 1.65. The molecule has 1 fully saturated rings. The van der Waals surface area contributed by atoms with Gasteiger partial charge in [-0.2, -0.15) is 0 Å². The molecule has 7 nitrogen and oxygen atoms in total. The molecule has 7 heteroatoms. The molecule has 2 amide bonds. The fraction of sp³-hybridized carbons (Fsp3) is 0.500. The van der Waals surface area contributed by atoms with E-state index in [2.05, 4.69) is 15.6 Å². The van der Waals surface area contributed by atoms with Crippen LogP contribution >= 0.6 is 0 Å². The summed E-state index contributed by atoms with van der Waals surface area (Å²) in [4.78, 5) is 14.5. The fourth-order valence-corrected chi connectivity index (χ4v) is 3.24. The van der Waals surface area contributed by atoms with Crippen molar-refractivity contribution < 1.29 is 9.90 Å². The van der Waals surface area contributed by atoms with Crippen molar-refractivity contribution in [3.05, 3.63) is 42.2 Å². The summed E-state index contributed by atoms with van der Waals surface area (Å²) in [5, 5.41) is 20.5. The van der Waals surface area contributed by atoms with Crippen molar-refractivity contribution in [1.29, 1.82) is 0 Å². The molecule has 0 saturated carbocycles. The molecule has 0 aliphatic carbocycles. The van der Waals surface area contributed by atoms with Crippen molar-refractivity contribution >= 4 is 6.03 Å². The SMILES string of the molecule is CC(NC(=O)N1CCCCC1CCO)c1cn(-c2ccccc2)nn1. The quantitative estimate of drug-likeness (QED) is 0.872. The molecule has 1 saturated heterocycles.